The van der Waals surface area contributed by atoms with Gasteiger partial charge in [0.05, 0.1) is 34.3 Å². The lowest BCUT2D eigenvalue weighted by Crippen LogP contribution is -2.26. The fourth-order valence-corrected chi connectivity index (χ4v) is 4.57. The second-order valence-electron chi connectivity index (χ2n) is 7.21. The highest BCUT2D eigenvalue weighted by atomic mass is 32.1. The number of fused-ring (bicyclic) bond motifs is 1. The van der Waals surface area contributed by atoms with Crippen molar-refractivity contribution in [1.82, 2.24) is 15.1 Å². The lowest BCUT2D eigenvalue weighted by molar-refractivity contribution is -0.137. The van der Waals surface area contributed by atoms with E-state index >= 15 is 0 Å². The van der Waals surface area contributed by atoms with Gasteiger partial charge in [-0.1, -0.05) is 30.3 Å². The fourth-order valence-electron chi connectivity index (χ4n) is 3.37. The molecule has 1 amide bonds. The van der Waals surface area contributed by atoms with E-state index in [0.717, 1.165) is 26.7 Å². The molecule has 0 aliphatic carbocycles. The maximum absolute atomic E-state index is 13.0. The minimum absolute atomic E-state index is 0.239. The number of methoxy groups -OCH3 is 1. The van der Waals surface area contributed by atoms with Crippen molar-refractivity contribution >= 4 is 27.3 Å². The first-order chi connectivity index (χ1) is 15.3. The molecule has 0 aliphatic rings. The van der Waals surface area contributed by atoms with Crippen molar-refractivity contribution < 1.29 is 22.7 Å². The molecule has 0 unspecified atom stereocenters. The lowest BCUT2D eigenvalue weighted by Gasteiger charge is -2.08. The largest absolute Gasteiger partial charge is 0.416 e. The van der Waals surface area contributed by atoms with E-state index in [1.807, 2.05) is 24.3 Å². The molecule has 0 aliphatic heterocycles. The second kappa shape index (κ2) is 9.13. The summed E-state index contributed by atoms with van der Waals surface area (Å²) in [7, 11) is 1.56. The molecular weight excluding hydrogens is 439 g/mol. The molecule has 0 fully saturated rings. The summed E-state index contributed by atoms with van der Waals surface area (Å²) in [6.07, 6.45) is -0.812. The van der Waals surface area contributed by atoms with Crippen LogP contribution >= 0.6 is 11.3 Å². The summed E-state index contributed by atoms with van der Waals surface area (Å²) >= 11 is 1.50. The average Bonchev–Trinajstić information content (AvgIpc) is 3.40. The topological polar surface area (TPSA) is 56.1 Å². The van der Waals surface area contributed by atoms with Crippen LogP contribution < -0.4 is 5.32 Å². The van der Waals surface area contributed by atoms with Gasteiger partial charge in [0, 0.05) is 31.1 Å². The van der Waals surface area contributed by atoms with Crippen LogP contribution in [0.5, 0.6) is 0 Å². The molecule has 9 heteroatoms. The molecule has 2 aromatic heterocycles. The number of benzene rings is 2. The molecule has 0 radical (unpaired) electrons. The molecule has 0 saturated heterocycles. The number of nitrogens with one attached hydrogen (secondary N) is 1. The van der Waals surface area contributed by atoms with E-state index in [9.17, 15) is 18.0 Å². The fraction of sp³-hybridized carbons (Fsp3) is 0.217. The van der Waals surface area contributed by atoms with Crippen LogP contribution in [0, 0.1) is 0 Å². The van der Waals surface area contributed by atoms with Crippen molar-refractivity contribution in [2.45, 2.75) is 12.6 Å². The van der Waals surface area contributed by atoms with Gasteiger partial charge in [0.2, 0.25) is 0 Å². The molecule has 166 valence electrons. The van der Waals surface area contributed by atoms with Crippen LogP contribution in [0.25, 0.3) is 15.8 Å². The Hall–Kier alpha value is -3.17. The number of hydrogen-bond acceptors (Lipinski definition) is 4. The minimum atomic E-state index is -4.36. The maximum atomic E-state index is 13.0. The minimum Gasteiger partial charge on any atom is -0.383 e. The summed E-state index contributed by atoms with van der Waals surface area (Å²) in [4.78, 5) is 13.2. The molecule has 5 nitrogen and oxygen atoms in total. The molecule has 2 heterocycles. The highest BCUT2D eigenvalue weighted by Gasteiger charge is 2.30. The van der Waals surface area contributed by atoms with Gasteiger partial charge >= 0.3 is 6.18 Å². The summed E-state index contributed by atoms with van der Waals surface area (Å²) in [6.45, 7) is 0.822. The zero-order chi connectivity index (χ0) is 22.7. The van der Waals surface area contributed by atoms with Gasteiger partial charge in [-0.05, 0) is 29.1 Å². The molecule has 4 aromatic rings. The van der Waals surface area contributed by atoms with E-state index in [2.05, 4.69) is 10.4 Å². The Morgan fingerprint density at radius 2 is 2.00 bits per heavy atom. The number of alkyl halides is 3. The lowest BCUT2D eigenvalue weighted by atomic mass is 10.1. The Balaban J connectivity index is 1.59. The number of aromatic nitrogens is 2. The summed E-state index contributed by atoms with van der Waals surface area (Å²) in [5.74, 6) is -0.239. The van der Waals surface area contributed by atoms with E-state index < -0.39 is 11.7 Å². The molecule has 1 N–H and O–H groups in total. The van der Waals surface area contributed by atoms with Crippen LogP contribution in [0.15, 0.2) is 60.9 Å². The van der Waals surface area contributed by atoms with Gasteiger partial charge in [-0.25, -0.2) is 4.68 Å². The van der Waals surface area contributed by atoms with Gasteiger partial charge in [0.15, 0.2) is 0 Å². The monoisotopic (exact) mass is 459 g/mol. The highest BCUT2D eigenvalue weighted by Crippen LogP contribution is 2.34. The average molecular weight is 459 g/mol. The van der Waals surface area contributed by atoms with Crippen LogP contribution in [0.4, 0.5) is 13.2 Å². The van der Waals surface area contributed by atoms with E-state index in [1.165, 1.54) is 29.7 Å². The molecule has 0 atom stereocenters. The van der Waals surface area contributed by atoms with E-state index in [-0.39, 0.29) is 5.91 Å². The standard InChI is InChI=1S/C23H20F3N3O2S/c1-31-9-8-27-22(30)17-13-28-29(14-17)20-7-3-5-16-12-19(32-21(16)20)11-15-4-2-6-18(10-15)23(24,25)26/h2-7,10,12-14H,8-9,11H2,1H3,(H,27,30). The summed E-state index contributed by atoms with van der Waals surface area (Å²) in [5.41, 5.74) is 1.18. The Morgan fingerprint density at radius 1 is 1.19 bits per heavy atom. The van der Waals surface area contributed by atoms with Gasteiger partial charge in [0.25, 0.3) is 5.91 Å². The van der Waals surface area contributed by atoms with Crippen molar-refractivity contribution in [3.63, 3.8) is 0 Å². The van der Waals surface area contributed by atoms with Crippen molar-refractivity contribution in [3.8, 4) is 5.69 Å². The van der Waals surface area contributed by atoms with E-state index in [1.54, 1.807) is 24.1 Å². The number of halogens is 3. The number of ether oxygens (including phenoxy) is 1. The number of hydrogen-bond donors (Lipinski definition) is 1. The van der Waals surface area contributed by atoms with Crippen LogP contribution in [0.1, 0.15) is 26.4 Å². The van der Waals surface area contributed by atoms with Crippen LogP contribution in [0.3, 0.4) is 0 Å². The zero-order valence-corrected chi connectivity index (χ0v) is 18.0. The zero-order valence-electron chi connectivity index (χ0n) is 17.1. The molecule has 0 saturated carbocycles. The first-order valence-electron chi connectivity index (χ1n) is 9.85. The third-order valence-electron chi connectivity index (χ3n) is 4.89. The Bertz CT molecular complexity index is 1250. The maximum Gasteiger partial charge on any atom is 0.416 e. The number of amides is 1. The van der Waals surface area contributed by atoms with Gasteiger partial charge in [-0.3, -0.25) is 4.79 Å². The Kier molecular flexibility index (Phi) is 6.29. The van der Waals surface area contributed by atoms with Crippen molar-refractivity contribution in [1.29, 1.82) is 0 Å². The third kappa shape index (κ3) is 4.84. The molecule has 0 spiro atoms. The van der Waals surface area contributed by atoms with E-state index in [4.69, 9.17) is 4.74 Å². The molecule has 4 rings (SSSR count). The summed E-state index contributed by atoms with van der Waals surface area (Å²) in [5, 5.41) is 8.05. The Morgan fingerprint density at radius 3 is 2.78 bits per heavy atom. The number of nitrogens with zero attached hydrogens (tertiary/aromatic N) is 2. The molecular formula is C23H20F3N3O2S. The first-order valence-corrected chi connectivity index (χ1v) is 10.7. The van der Waals surface area contributed by atoms with Crippen LogP contribution in [0.2, 0.25) is 0 Å². The Labute approximate surface area is 186 Å². The molecule has 32 heavy (non-hydrogen) atoms. The number of carbonyl (C=O) groups is 1. The third-order valence-corrected chi connectivity index (χ3v) is 6.06. The van der Waals surface area contributed by atoms with Gasteiger partial charge < -0.3 is 10.1 Å². The highest BCUT2D eigenvalue weighted by molar-refractivity contribution is 7.19. The quantitative estimate of drug-likeness (QED) is 0.393. The van der Waals surface area contributed by atoms with Gasteiger partial charge in [0.1, 0.15) is 0 Å². The van der Waals surface area contributed by atoms with Gasteiger partial charge in [-0.2, -0.15) is 18.3 Å². The molecule has 0 bridgehead atoms. The smallest absolute Gasteiger partial charge is 0.383 e. The van der Waals surface area contributed by atoms with Crippen LogP contribution in [-0.2, 0) is 17.3 Å². The number of rotatable bonds is 7. The summed E-state index contributed by atoms with van der Waals surface area (Å²) < 4.78 is 46.6. The number of thiophene rings is 1. The molecule has 2 aromatic carbocycles. The van der Waals surface area contributed by atoms with Crippen molar-refractivity contribution in [2.24, 2.45) is 0 Å². The van der Waals surface area contributed by atoms with Gasteiger partial charge in [-0.15, -0.1) is 11.3 Å². The second-order valence-corrected chi connectivity index (χ2v) is 8.34. The summed E-state index contributed by atoms with van der Waals surface area (Å²) in [6, 6.07) is 13.1. The predicted molar refractivity (Wildman–Crippen MR) is 117 cm³/mol. The first kappa shape index (κ1) is 22.0. The predicted octanol–water partition coefficient (Wildman–Crippen LogP) is 5.07. The van der Waals surface area contributed by atoms with Crippen LogP contribution in [-0.4, -0.2) is 35.9 Å². The van der Waals surface area contributed by atoms with Crippen molar-refractivity contribution in [2.75, 3.05) is 20.3 Å². The van der Waals surface area contributed by atoms with Crippen molar-refractivity contribution in [3.05, 3.63) is 82.5 Å². The van der Waals surface area contributed by atoms with E-state index in [0.29, 0.717) is 30.7 Å². The normalized spacial score (nSPS) is 11.8. The number of carbonyl (C=O) groups excluding carboxylic acids is 1. The SMILES string of the molecule is COCCNC(=O)c1cnn(-c2cccc3cc(Cc4cccc(C(F)(F)F)c4)sc23)c1.